The van der Waals surface area contributed by atoms with Crippen molar-refractivity contribution in [3.05, 3.63) is 82.3 Å². The van der Waals surface area contributed by atoms with Gasteiger partial charge in [0.2, 0.25) is 5.95 Å². The van der Waals surface area contributed by atoms with Crippen LogP contribution in [-0.2, 0) is 0 Å². The molecule has 2 N–H and O–H groups in total. The van der Waals surface area contributed by atoms with Crippen LogP contribution in [0.5, 0.6) is 0 Å². The van der Waals surface area contributed by atoms with Crippen LogP contribution in [0.25, 0.3) is 22.2 Å². The number of anilines is 2. The van der Waals surface area contributed by atoms with Gasteiger partial charge in [0, 0.05) is 11.9 Å². The molecule has 0 fully saturated rings. The fourth-order valence-corrected chi connectivity index (χ4v) is 2.94. The summed E-state index contributed by atoms with van der Waals surface area (Å²) in [5.74, 6) is 0.378. The van der Waals surface area contributed by atoms with Crippen LogP contribution in [0.1, 0.15) is 11.1 Å². The number of pyridine rings is 1. The second-order valence-corrected chi connectivity index (χ2v) is 6.26. The molecular weight excluding hydrogens is 324 g/mol. The van der Waals surface area contributed by atoms with Crippen LogP contribution in [0.2, 0.25) is 0 Å². The molecule has 128 valence electrons. The van der Waals surface area contributed by atoms with Gasteiger partial charge >= 0.3 is 0 Å². The Hall–Kier alpha value is -3.47. The molecule has 0 saturated carbocycles. The molecule has 2 aromatic heterocycles. The summed E-state index contributed by atoms with van der Waals surface area (Å²) in [5, 5.41) is 3.65. The van der Waals surface area contributed by atoms with Gasteiger partial charge in [-0.2, -0.15) is 4.98 Å². The third-order valence-electron chi connectivity index (χ3n) is 4.46. The minimum atomic E-state index is -0.215. The number of hydrogen-bond donors (Lipinski definition) is 2. The molecule has 5 heteroatoms. The highest BCUT2D eigenvalue weighted by Crippen LogP contribution is 2.25. The molecule has 0 bridgehead atoms. The molecule has 2 aromatic carbocycles. The summed E-state index contributed by atoms with van der Waals surface area (Å²) in [4.78, 5) is 24.3. The SMILES string of the molecule is Cc1ccc(Nc2nc3nccc(-c4ccccc4)c3c(=O)[nH]2)cc1C. The Balaban J connectivity index is 1.80. The van der Waals surface area contributed by atoms with E-state index in [9.17, 15) is 4.79 Å². The van der Waals surface area contributed by atoms with E-state index >= 15 is 0 Å². The number of benzene rings is 2. The Morgan fingerprint density at radius 1 is 0.962 bits per heavy atom. The van der Waals surface area contributed by atoms with Gasteiger partial charge in [-0.15, -0.1) is 0 Å². The number of aromatic amines is 1. The number of hydrogen-bond acceptors (Lipinski definition) is 4. The number of aromatic nitrogens is 3. The fourth-order valence-electron chi connectivity index (χ4n) is 2.94. The van der Waals surface area contributed by atoms with E-state index in [1.807, 2.05) is 61.5 Å². The maximum Gasteiger partial charge on any atom is 0.262 e. The molecular formula is C21H18N4O. The highest BCUT2D eigenvalue weighted by Gasteiger charge is 2.11. The molecule has 0 unspecified atom stereocenters. The largest absolute Gasteiger partial charge is 0.326 e. The van der Waals surface area contributed by atoms with Crippen molar-refractivity contribution in [3.8, 4) is 11.1 Å². The molecule has 26 heavy (non-hydrogen) atoms. The highest BCUT2D eigenvalue weighted by atomic mass is 16.1. The van der Waals surface area contributed by atoms with E-state index in [-0.39, 0.29) is 5.56 Å². The fraction of sp³-hybridized carbons (Fsp3) is 0.0952. The average molecular weight is 342 g/mol. The normalized spacial score (nSPS) is 10.8. The van der Waals surface area contributed by atoms with Gasteiger partial charge in [-0.3, -0.25) is 9.78 Å². The maximum absolute atomic E-state index is 12.7. The monoisotopic (exact) mass is 342 g/mol. The Bertz CT molecular complexity index is 1150. The number of nitrogens with one attached hydrogen (secondary N) is 2. The van der Waals surface area contributed by atoms with E-state index in [2.05, 4.69) is 27.2 Å². The van der Waals surface area contributed by atoms with Crippen LogP contribution in [0.15, 0.2) is 65.6 Å². The zero-order chi connectivity index (χ0) is 18.1. The van der Waals surface area contributed by atoms with Gasteiger partial charge in [-0.05, 0) is 54.3 Å². The first-order valence-corrected chi connectivity index (χ1v) is 8.40. The standard InChI is InChI=1S/C21H18N4O/c1-13-8-9-16(12-14(13)2)23-21-24-19-18(20(26)25-21)17(10-11-22-19)15-6-4-3-5-7-15/h3-12H,1-2H3,(H2,22,23,24,25,26). The van der Waals surface area contributed by atoms with Crippen molar-refractivity contribution in [2.24, 2.45) is 0 Å². The number of nitrogens with zero attached hydrogens (tertiary/aromatic N) is 2. The summed E-state index contributed by atoms with van der Waals surface area (Å²) in [5.41, 5.74) is 5.24. The summed E-state index contributed by atoms with van der Waals surface area (Å²) in [7, 11) is 0. The quantitative estimate of drug-likeness (QED) is 0.581. The molecule has 4 aromatic rings. The zero-order valence-electron chi connectivity index (χ0n) is 14.6. The number of rotatable bonds is 3. The van der Waals surface area contributed by atoms with Crippen LogP contribution >= 0.6 is 0 Å². The van der Waals surface area contributed by atoms with E-state index in [1.54, 1.807) is 6.20 Å². The summed E-state index contributed by atoms with van der Waals surface area (Å²) < 4.78 is 0. The zero-order valence-corrected chi connectivity index (χ0v) is 14.6. The van der Waals surface area contributed by atoms with E-state index in [1.165, 1.54) is 11.1 Å². The number of aryl methyl sites for hydroxylation is 2. The lowest BCUT2D eigenvalue weighted by Gasteiger charge is -2.10. The minimum Gasteiger partial charge on any atom is -0.326 e. The Labute approximate surface area is 150 Å². The summed E-state index contributed by atoms with van der Waals surface area (Å²) in [6, 6.07) is 17.6. The number of H-pyrrole nitrogens is 1. The predicted molar refractivity (Wildman–Crippen MR) is 105 cm³/mol. The first-order chi connectivity index (χ1) is 12.6. The molecule has 4 rings (SSSR count). The lowest BCUT2D eigenvalue weighted by molar-refractivity contribution is 1.14. The third-order valence-corrected chi connectivity index (χ3v) is 4.46. The van der Waals surface area contributed by atoms with Gasteiger partial charge < -0.3 is 5.32 Å². The van der Waals surface area contributed by atoms with Crippen molar-refractivity contribution in [2.45, 2.75) is 13.8 Å². The first kappa shape index (κ1) is 16.0. The maximum atomic E-state index is 12.7. The smallest absolute Gasteiger partial charge is 0.262 e. The van der Waals surface area contributed by atoms with Gasteiger partial charge in [-0.1, -0.05) is 36.4 Å². The van der Waals surface area contributed by atoms with Crippen molar-refractivity contribution in [1.29, 1.82) is 0 Å². The average Bonchev–Trinajstić information content (AvgIpc) is 2.65. The number of fused-ring (bicyclic) bond motifs is 1. The summed E-state index contributed by atoms with van der Waals surface area (Å²) in [6.45, 7) is 4.11. The molecule has 5 nitrogen and oxygen atoms in total. The van der Waals surface area contributed by atoms with E-state index in [0.717, 1.165) is 16.8 Å². The summed E-state index contributed by atoms with van der Waals surface area (Å²) >= 11 is 0. The van der Waals surface area contributed by atoms with Gasteiger partial charge in [0.25, 0.3) is 5.56 Å². The van der Waals surface area contributed by atoms with E-state index in [4.69, 9.17) is 0 Å². The van der Waals surface area contributed by atoms with Gasteiger partial charge in [0.1, 0.15) is 0 Å². The lowest BCUT2D eigenvalue weighted by atomic mass is 10.0. The van der Waals surface area contributed by atoms with Gasteiger partial charge in [0.15, 0.2) is 5.65 Å². The molecule has 0 saturated heterocycles. The summed E-state index contributed by atoms with van der Waals surface area (Å²) in [6.07, 6.45) is 1.68. The molecule has 0 atom stereocenters. The Kier molecular flexibility index (Phi) is 3.97. The van der Waals surface area contributed by atoms with Crippen molar-refractivity contribution >= 4 is 22.7 Å². The topological polar surface area (TPSA) is 70.7 Å². The third kappa shape index (κ3) is 2.95. The predicted octanol–water partition coefficient (Wildman–Crippen LogP) is 4.35. The van der Waals surface area contributed by atoms with Crippen LogP contribution in [-0.4, -0.2) is 15.0 Å². The van der Waals surface area contributed by atoms with Crippen molar-refractivity contribution in [1.82, 2.24) is 15.0 Å². The molecule has 0 spiro atoms. The molecule has 0 amide bonds. The van der Waals surface area contributed by atoms with Crippen LogP contribution in [0, 0.1) is 13.8 Å². The lowest BCUT2D eigenvalue weighted by Crippen LogP contribution is -2.13. The first-order valence-electron chi connectivity index (χ1n) is 8.40. The van der Waals surface area contributed by atoms with Crippen LogP contribution in [0.3, 0.4) is 0 Å². The van der Waals surface area contributed by atoms with E-state index in [0.29, 0.717) is 17.0 Å². The van der Waals surface area contributed by atoms with Crippen LogP contribution in [0.4, 0.5) is 11.6 Å². The minimum absolute atomic E-state index is 0.215. The van der Waals surface area contributed by atoms with Crippen molar-refractivity contribution < 1.29 is 0 Å². The second kappa shape index (κ2) is 6.44. The molecule has 0 aliphatic rings. The molecule has 0 radical (unpaired) electrons. The Morgan fingerprint density at radius 3 is 2.54 bits per heavy atom. The molecule has 2 heterocycles. The van der Waals surface area contributed by atoms with Gasteiger partial charge in [0.05, 0.1) is 5.39 Å². The van der Waals surface area contributed by atoms with Crippen LogP contribution < -0.4 is 10.9 Å². The molecule has 0 aliphatic heterocycles. The second-order valence-electron chi connectivity index (χ2n) is 6.26. The van der Waals surface area contributed by atoms with Crippen molar-refractivity contribution in [2.75, 3.05) is 5.32 Å². The Morgan fingerprint density at radius 2 is 1.77 bits per heavy atom. The van der Waals surface area contributed by atoms with Gasteiger partial charge in [-0.25, -0.2) is 4.98 Å². The highest BCUT2D eigenvalue weighted by molar-refractivity contribution is 5.92. The molecule has 0 aliphatic carbocycles. The van der Waals surface area contributed by atoms with E-state index < -0.39 is 0 Å². The van der Waals surface area contributed by atoms with Crippen molar-refractivity contribution in [3.63, 3.8) is 0 Å².